The minimum absolute atomic E-state index is 0.186. The number of phenolic OH excluding ortho intramolecular Hbond substituents is 1. The highest BCUT2D eigenvalue weighted by atomic mass is 35.5. The molecule has 0 bridgehead atoms. The molecule has 0 aromatic heterocycles. The van der Waals surface area contributed by atoms with E-state index in [2.05, 4.69) is 0 Å². The van der Waals surface area contributed by atoms with Gasteiger partial charge in [0.25, 0.3) is 0 Å². The van der Waals surface area contributed by atoms with Gasteiger partial charge in [0.15, 0.2) is 0 Å². The molecule has 0 aliphatic rings. The first kappa shape index (κ1) is 8.37. The maximum Gasteiger partial charge on any atom is 0.120 e. The SMILES string of the molecule is C[C@@H](N)c1cc(Cl)ccc1O. The van der Waals surface area contributed by atoms with Crippen molar-refractivity contribution in [3.8, 4) is 5.75 Å². The standard InChI is InChI=1S/C8H10ClNO/c1-5(10)7-4-6(9)2-3-8(7)11/h2-5,11H,10H2,1H3/t5-/m1/s1. The van der Waals surface area contributed by atoms with Gasteiger partial charge in [-0.3, -0.25) is 0 Å². The zero-order valence-electron chi connectivity index (χ0n) is 6.21. The van der Waals surface area contributed by atoms with Crippen molar-refractivity contribution >= 4 is 11.6 Å². The number of phenols is 1. The second-order valence-corrected chi connectivity index (χ2v) is 2.93. The van der Waals surface area contributed by atoms with Gasteiger partial charge in [0, 0.05) is 16.6 Å². The predicted molar refractivity (Wildman–Crippen MR) is 45.7 cm³/mol. The fraction of sp³-hybridized carbons (Fsp3) is 0.250. The number of rotatable bonds is 1. The molecule has 0 aliphatic carbocycles. The Morgan fingerprint density at radius 3 is 2.64 bits per heavy atom. The molecule has 11 heavy (non-hydrogen) atoms. The smallest absolute Gasteiger partial charge is 0.120 e. The average molecular weight is 172 g/mol. The van der Waals surface area contributed by atoms with Crippen LogP contribution in [0, 0.1) is 0 Å². The molecule has 0 heterocycles. The third-order valence-electron chi connectivity index (χ3n) is 1.48. The van der Waals surface area contributed by atoms with Crippen molar-refractivity contribution in [1.82, 2.24) is 0 Å². The minimum atomic E-state index is -0.186. The molecule has 1 atom stereocenters. The highest BCUT2D eigenvalue weighted by Crippen LogP contribution is 2.25. The van der Waals surface area contributed by atoms with Gasteiger partial charge in [-0.15, -0.1) is 0 Å². The second-order valence-electron chi connectivity index (χ2n) is 2.49. The highest BCUT2D eigenvalue weighted by molar-refractivity contribution is 6.30. The Labute approximate surface area is 70.6 Å². The summed E-state index contributed by atoms with van der Waals surface area (Å²) in [6.07, 6.45) is 0. The second kappa shape index (κ2) is 3.11. The van der Waals surface area contributed by atoms with Crippen LogP contribution in [0.25, 0.3) is 0 Å². The van der Waals surface area contributed by atoms with Crippen LogP contribution in [0.4, 0.5) is 0 Å². The quantitative estimate of drug-likeness (QED) is 0.680. The van der Waals surface area contributed by atoms with Gasteiger partial charge in [0.2, 0.25) is 0 Å². The highest BCUT2D eigenvalue weighted by Gasteiger charge is 2.05. The third kappa shape index (κ3) is 1.85. The molecule has 1 rings (SSSR count). The fourth-order valence-corrected chi connectivity index (χ4v) is 1.07. The molecular weight excluding hydrogens is 162 g/mol. The van der Waals surface area contributed by atoms with Crippen LogP contribution in [-0.2, 0) is 0 Å². The van der Waals surface area contributed by atoms with Crippen LogP contribution in [0.5, 0.6) is 5.75 Å². The summed E-state index contributed by atoms with van der Waals surface area (Å²) in [4.78, 5) is 0. The number of benzene rings is 1. The van der Waals surface area contributed by atoms with Gasteiger partial charge in [-0.2, -0.15) is 0 Å². The molecular formula is C8H10ClNO. The first-order valence-electron chi connectivity index (χ1n) is 3.35. The van der Waals surface area contributed by atoms with Crippen molar-refractivity contribution in [3.63, 3.8) is 0 Å². The molecule has 0 saturated carbocycles. The van der Waals surface area contributed by atoms with Gasteiger partial charge < -0.3 is 10.8 Å². The van der Waals surface area contributed by atoms with Crippen molar-refractivity contribution in [2.75, 3.05) is 0 Å². The zero-order chi connectivity index (χ0) is 8.43. The largest absolute Gasteiger partial charge is 0.508 e. The number of halogens is 1. The molecule has 3 heteroatoms. The summed E-state index contributed by atoms with van der Waals surface area (Å²) in [6.45, 7) is 1.80. The lowest BCUT2D eigenvalue weighted by Gasteiger charge is -2.07. The van der Waals surface area contributed by atoms with Crippen LogP contribution in [0.15, 0.2) is 18.2 Å². The van der Waals surface area contributed by atoms with Crippen molar-refractivity contribution in [2.24, 2.45) is 5.73 Å². The molecule has 1 aromatic rings. The Kier molecular flexibility index (Phi) is 2.37. The van der Waals surface area contributed by atoms with Gasteiger partial charge in [-0.05, 0) is 25.1 Å². The molecule has 0 fully saturated rings. The first-order valence-corrected chi connectivity index (χ1v) is 3.73. The summed E-state index contributed by atoms with van der Waals surface area (Å²) >= 11 is 5.69. The van der Waals surface area contributed by atoms with Crippen LogP contribution in [0.1, 0.15) is 18.5 Å². The van der Waals surface area contributed by atoms with Gasteiger partial charge >= 0.3 is 0 Å². The van der Waals surface area contributed by atoms with E-state index in [0.717, 1.165) is 0 Å². The Bertz CT molecular complexity index is 260. The van der Waals surface area contributed by atoms with Crippen molar-refractivity contribution in [3.05, 3.63) is 28.8 Å². The molecule has 0 spiro atoms. The van der Waals surface area contributed by atoms with Crippen molar-refractivity contribution in [1.29, 1.82) is 0 Å². The topological polar surface area (TPSA) is 46.2 Å². The van der Waals surface area contributed by atoms with E-state index >= 15 is 0 Å². The Hall–Kier alpha value is -0.730. The first-order chi connectivity index (χ1) is 5.11. The third-order valence-corrected chi connectivity index (χ3v) is 1.72. The Morgan fingerprint density at radius 2 is 2.18 bits per heavy atom. The van der Waals surface area contributed by atoms with Crippen LogP contribution in [-0.4, -0.2) is 5.11 Å². The maximum absolute atomic E-state index is 9.27. The van der Waals surface area contributed by atoms with Crippen LogP contribution >= 0.6 is 11.6 Å². The predicted octanol–water partition coefficient (Wildman–Crippen LogP) is 2.07. The molecule has 2 nitrogen and oxygen atoms in total. The fourth-order valence-electron chi connectivity index (χ4n) is 0.890. The molecule has 0 unspecified atom stereocenters. The van der Waals surface area contributed by atoms with Crippen molar-refractivity contribution in [2.45, 2.75) is 13.0 Å². The zero-order valence-corrected chi connectivity index (χ0v) is 6.97. The van der Waals surface area contributed by atoms with E-state index in [1.165, 1.54) is 0 Å². The molecule has 0 radical (unpaired) electrons. The van der Waals surface area contributed by atoms with E-state index < -0.39 is 0 Å². The lowest BCUT2D eigenvalue weighted by Crippen LogP contribution is -2.04. The van der Waals surface area contributed by atoms with Gasteiger partial charge in [-0.1, -0.05) is 11.6 Å². The van der Waals surface area contributed by atoms with Gasteiger partial charge in [-0.25, -0.2) is 0 Å². The Morgan fingerprint density at radius 1 is 1.55 bits per heavy atom. The number of hydrogen-bond donors (Lipinski definition) is 2. The van der Waals surface area contributed by atoms with E-state index in [9.17, 15) is 5.11 Å². The van der Waals surface area contributed by atoms with Gasteiger partial charge in [0.1, 0.15) is 5.75 Å². The molecule has 3 N–H and O–H groups in total. The van der Waals surface area contributed by atoms with Crippen LogP contribution < -0.4 is 5.73 Å². The molecule has 0 saturated heterocycles. The Balaban J connectivity index is 3.13. The summed E-state index contributed by atoms with van der Waals surface area (Å²) in [6, 6.07) is 4.65. The van der Waals surface area contributed by atoms with E-state index in [1.807, 2.05) is 0 Å². The number of aromatic hydroxyl groups is 1. The van der Waals surface area contributed by atoms with Crippen molar-refractivity contribution < 1.29 is 5.11 Å². The summed E-state index contributed by atoms with van der Waals surface area (Å²) in [5.41, 5.74) is 6.24. The van der Waals surface area contributed by atoms with E-state index in [-0.39, 0.29) is 11.8 Å². The lowest BCUT2D eigenvalue weighted by molar-refractivity contribution is 0.464. The lowest BCUT2D eigenvalue weighted by atomic mass is 10.1. The van der Waals surface area contributed by atoms with E-state index in [4.69, 9.17) is 17.3 Å². The molecule has 0 aliphatic heterocycles. The van der Waals surface area contributed by atoms with Crippen LogP contribution in [0.2, 0.25) is 5.02 Å². The number of nitrogens with two attached hydrogens (primary N) is 1. The average Bonchev–Trinajstić information content (AvgIpc) is 1.94. The molecule has 60 valence electrons. The monoisotopic (exact) mass is 171 g/mol. The molecule has 1 aromatic carbocycles. The maximum atomic E-state index is 9.27. The summed E-state index contributed by atoms with van der Waals surface area (Å²) in [7, 11) is 0. The van der Waals surface area contributed by atoms with Gasteiger partial charge in [0.05, 0.1) is 0 Å². The molecule has 0 amide bonds. The summed E-state index contributed by atoms with van der Waals surface area (Å²) < 4.78 is 0. The van der Waals surface area contributed by atoms with E-state index in [0.29, 0.717) is 10.6 Å². The summed E-state index contributed by atoms with van der Waals surface area (Å²) in [5.74, 6) is 0.199. The number of hydrogen-bond acceptors (Lipinski definition) is 2. The minimum Gasteiger partial charge on any atom is -0.508 e. The summed E-state index contributed by atoms with van der Waals surface area (Å²) in [5, 5.41) is 9.86. The van der Waals surface area contributed by atoms with E-state index in [1.54, 1.807) is 25.1 Å². The van der Waals surface area contributed by atoms with Crippen LogP contribution in [0.3, 0.4) is 0 Å². The normalized spacial score (nSPS) is 13.0.